The smallest absolute Gasteiger partial charge is 0.320 e. The predicted molar refractivity (Wildman–Crippen MR) is 329 cm³/mol. The molecule has 0 unspecified atom stereocenters. The first-order valence-electron chi connectivity index (χ1n) is 30.1. The topological polar surface area (TPSA) is 411 Å². The molecule has 0 radical (unpaired) electrons. The summed E-state index contributed by atoms with van der Waals surface area (Å²) in [5.41, 5.74) is 4.88. The first-order chi connectivity index (χ1) is 44.4. The number of nitrogens with zero attached hydrogens (tertiary/aromatic N) is 9. The van der Waals surface area contributed by atoms with Gasteiger partial charge < -0.3 is 74.3 Å². The number of rotatable bonds is 44. The van der Waals surface area contributed by atoms with Gasteiger partial charge in [-0.2, -0.15) is 0 Å². The van der Waals surface area contributed by atoms with Crippen LogP contribution in [-0.4, -0.2) is 298 Å². The van der Waals surface area contributed by atoms with E-state index < -0.39 is 112 Å². The van der Waals surface area contributed by atoms with Gasteiger partial charge in [-0.1, -0.05) is 0 Å². The normalized spacial score (nSPS) is 12.8. The van der Waals surface area contributed by atoms with Crippen LogP contribution < -0.4 is 21.3 Å². The van der Waals surface area contributed by atoms with Crippen LogP contribution in [0.25, 0.3) is 18.2 Å². The molecule has 0 fully saturated rings. The maximum Gasteiger partial charge on any atom is 0.320 e. The molecule has 0 saturated carbocycles. The molecule has 5 rings (SSSR count). The fraction of sp³-hybridized carbons (Fsp3) is 0.517. The van der Waals surface area contributed by atoms with E-state index in [1.165, 1.54) is 43.6 Å². The second-order valence-electron chi connectivity index (χ2n) is 21.5. The Kier molecular flexibility index (Phi) is 29.9. The SMILES string of the molecule is [2H]c1c(COC)c2n(CCNC(=O)CN(CCN(CCN(CC(=O)O)CC(=O)OCC)CC(=O)O)CC(=O)O)c1C=c1ccc([nH]1)=CC1=NC(=Cc3c(COC)cc(n3CCNC(=O)CN(CCN(CCN(CC(=O)O)CC(=O)OCC)CC(=O)O)CC(=O)O)C2)C=C1. The maximum absolute atomic E-state index is 13.8. The molecule has 92 heavy (non-hydrogen) atoms. The molecule has 0 saturated heterocycles. The van der Waals surface area contributed by atoms with E-state index in [0.29, 0.717) is 50.4 Å². The number of aromatic nitrogens is 3. The summed E-state index contributed by atoms with van der Waals surface area (Å²) in [6.07, 6.45) is 9.35. The van der Waals surface area contributed by atoms with Crippen LogP contribution >= 0.6 is 0 Å². The number of esters is 2. The first kappa shape index (κ1) is 72.2. The van der Waals surface area contributed by atoms with Crippen molar-refractivity contribution < 1.29 is 98.9 Å². The minimum atomic E-state index is -1.27. The second-order valence-corrected chi connectivity index (χ2v) is 21.5. The summed E-state index contributed by atoms with van der Waals surface area (Å²) < 4.78 is 34.8. The fourth-order valence-electron chi connectivity index (χ4n) is 10.3. The van der Waals surface area contributed by atoms with Crippen LogP contribution in [0.4, 0.5) is 0 Å². The number of fused-ring (bicyclic) bond motifs is 7. The maximum atomic E-state index is 13.8. The van der Waals surface area contributed by atoms with Crippen molar-refractivity contribution in [2.24, 2.45) is 4.99 Å². The molecular formula is C60H84N12O20. The van der Waals surface area contributed by atoms with Crippen molar-refractivity contribution in [3.8, 4) is 0 Å². The van der Waals surface area contributed by atoms with Gasteiger partial charge in [0.1, 0.15) is 0 Å². The Balaban J connectivity index is 1.42. The molecule has 8 bridgehead atoms. The third kappa shape index (κ3) is 26.1. The number of amides is 2. The molecule has 3 aromatic heterocycles. The number of carboxylic acids is 6. The van der Waals surface area contributed by atoms with Gasteiger partial charge in [-0.05, 0) is 74.0 Å². The molecule has 5 heterocycles. The van der Waals surface area contributed by atoms with E-state index in [0.717, 1.165) is 5.56 Å². The van der Waals surface area contributed by atoms with E-state index in [1.807, 2.05) is 51.6 Å². The Morgan fingerprint density at radius 1 is 0.543 bits per heavy atom. The number of carboxylic acid groups (broad SMARTS) is 6. The lowest BCUT2D eigenvalue weighted by atomic mass is 10.1. The van der Waals surface area contributed by atoms with Crippen molar-refractivity contribution in [3.63, 3.8) is 0 Å². The molecule has 0 aromatic carbocycles. The average Bonchev–Trinajstić information content (AvgIpc) is 1.62. The number of allylic oxidation sites excluding steroid dienone is 2. The standard InChI is InChI=1S/C60H84N12O20/c1-5-91-59(87)37-69(35-57(83)84)21-17-65(31-53(75)76)15-19-67(33-55(79)80)29-51(73)61-11-13-71-47-23-42(40-90-4)50(71)28-48-24-41(39-89-3)49(27-46-10-8-44(64-46)25-43-7-9-45(26-47)63-43)72(48)14-12-62-52(74)30-68(34-56(81)82)20-16-66(32-54(77)78)18-22-70(36-58(85)86)38-60(88)92-6-2/h7-10,23-27,63H,5-6,11-22,28-40H2,1-4H3,(H,61,73)(H,62,74)(H,75,76)(H,77,78)(H,79,80)(H,81,82)(H,83,84)(H,85,86)/i23D. The van der Waals surface area contributed by atoms with E-state index in [2.05, 4.69) is 15.6 Å². The largest absolute Gasteiger partial charge is 0.480 e. The molecule has 2 aliphatic rings. The number of H-pyrrole nitrogens is 1. The predicted octanol–water partition coefficient (Wildman–Crippen LogP) is -2.85. The Labute approximate surface area is 531 Å². The van der Waals surface area contributed by atoms with Crippen molar-refractivity contribution in [1.82, 2.24) is 54.2 Å². The summed E-state index contributed by atoms with van der Waals surface area (Å²) in [5, 5.41) is 65.2. The molecule has 504 valence electrons. The number of hydrogen-bond donors (Lipinski definition) is 9. The highest BCUT2D eigenvalue weighted by Gasteiger charge is 2.25. The molecule has 3 aromatic rings. The Morgan fingerprint density at radius 2 is 0.957 bits per heavy atom. The van der Waals surface area contributed by atoms with Crippen molar-refractivity contribution in [2.45, 2.75) is 46.6 Å². The summed E-state index contributed by atoms with van der Waals surface area (Å²) in [7, 11) is 3.03. The zero-order valence-corrected chi connectivity index (χ0v) is 52.1. The van der Waals surface area contributed by atoms with Gasteiger partial charge in [0.25, 0.3) is 0 Å². The van der Waals surface area contributed by atoms with Gasteiger partial charge in [0.2, 0.25) is 11.8 Å². The van der Waals surface area contributed by atoms with Crippen LogP contribution in [-0.2, 0) is 99.6 Å². The van der Waals surface area contributed by atoms with E-state index in [-0.39, 0.29) is 131 Å². The zero-order chi connectivity index (χ0) is 68.1. The molecule has 0 spiro atoms. The molecule has 2 aliphatic heterocycles. The summed E-state index contributed by atoms with van der Waals surface area (Å²) >= 11 is 0. The van der Waals surface area contributed by atoms with Gasteiger partial charge in [0.05, 0.1) is 105 Å². The van der Waals surface area contributed by atoms with Crippen molar-refractivity contribution in [2.75, 3.05) is 158 Å². The van der Waals surface area contributed by atoms with Crippen molar-refractivity contribution in [1.29, 1.82) is 0 Å². The van der Waals surface area contributed by atoms with Gasteiger partial charge in [-0.15, -0.1) is 0 Å². The first-order valence-corrected chi connectivity index (χ1v) is 29.6. The molecule has 0 atom stereocenters. The van der Waals surface area contributed by atoms with Crippen LogP contribution in [0.5, 0.6) is 0 Å². The Hall–Kier alpha value is -8.89. The molecule has 9 N–H and O–H groups in total. The summed E-state index contributed by atoms with van der Waals surface area (Å²) in [5.74, 6) is -9.90. The van der Waals surface area contributed by atoms with Gasteiger partial charge in [0.15, 0.2) is 0 Å². The number of aliphatic carboxylic acids is 6. The minimum absolute atomic E-state index is 0.000845. The van der Waals surface area contributed by atoms with Gasteiger partial charge in [-0.3, -0.25) is 77.3 Å². The monoisotopic (exact) mass is 1290 g/mol. The highest BCUT2D eigenvalue weighted by atomic mass is 16.5. The van der Waals surface area contributed by atoms with Gasteiger partial charge >= 0.3 is 47.8 Å². The van der Waals surface area contributed by atoms with E-state index in [1.54, 1.807) is 19.9 Å². The molecular weight excluding hydrogens is 1210 g/mol. The highest BCUT2D eigenvalue weighted by molar-refractivity contribution is 6.19. The number of methoxy groups -OCH3 is 2. The number of aliphatic imine (C=N–C) groups is 1. The number of carbonyl (C=O) groups is 10. The summed E-state index contributed by atoms with van der Waals surface area (Å²) in [4.78, 5) is 140. The lowest BCUT2D eigenvalue weighted by Gasteiger charge is -2.27. The third-order valence-corrected chi connectivity index (χ3v) is 14.2. The number of aromatic amines is 1. The number of ether oxygens (including phenoxy) is 4. The lowest BCUT2D eigenvalue weighted by molar-refractivity contribution is -0.148. The Morgan fingerprint density at radius 3 is 1.40 bits per heavy atom. The number of nitrogens with one attached hydrogen (secondary N) is 3. The van der Waals surface area contributed by atoms with Crippen LogP contribution in [0.2, 0.25) is 0 Å². The average molecular weight is 1290 g/mol. The van der Waals surface area contributed by atoms with Crippen LogP contribution in [0.15, 0.2) is 47.1 Å². The van der Waals surface area contributed by atoms with Gasteiger partial charge in [0, 0.05) is 138 Å². The third-order valence-electron chi connectivity index (χ3n) is 14.2. The summed E-state index contributed by atoms with van der Waals surface area (Å²) in [6, 6.07) is 5.75. The highest BCUT2D eigenvalue weighted by Crippen LogP contribution is 2.28. The van der Waals surface area contributed by atoms with Crippen LogP contribution in [0.1, 0.15) is 49.1 Å². The van der Waals surface area contributed by atoms with Gasteiger partial charge in [-0.25, -0.2) is 4.99 Å². The zero-order valence-electron chi connectivity index (χ0n) is 53.1. The minimum Gasteiger partial charge on any atom is -0.480 e. The summed E-state index contributed by atoms with van der Waals surface area (Å²) in [6.45, 7) is -1.70. The quantitative estimate of drug-likeness (QED) is 0.0257. The van der Waals surface area contributed by atoms with E-state index >= 15 is 0 Å². The van der Waals surface area contributed by atoms with Crippen LogP contribution in [0.3, 0.4) is 0 Å². The molecule has 2 amide bonds. The van der Waals surface area contributed by atoms with Crippen LogP contribution in [0, 0.1) is 0 Å². The molecule has 32 nitrogen and oxygen atoms in total. The van der Waals surface area contributed by atoms with E-state index in [9.17, 15) is 80.0 Å². The lowest BCUT2D eigenvalue weighted by Crippen LogP contribution is -2.46. The number of hydrogen-bond acceptors (Lipinski definition) is 21. The fourth-order valence-corrected chi connectivity index (χ4v) is 10.3. The molecule has 0 aliphatic carbocycles. The second kappa shape index (κ2) is 38.1. The Bertz CT molecular complexity index is 3350. The van der Waals surface area contributed by atoms with Crippen molar-refractivity contribution in [3.05, 3.63) is 86.7 Å². The van der Waals surface area contributed by atoms with E-state index in [4.69, 9.17) is 23.9 Å². The number of carbonyl (C=O) groups excluding carboxylic acids is 4. The van der Waals surface area contributed by atoms with Crippen molar-refractivity contribution >= 4 is 83.5 Å². The molecule has 32 heteroatoms.